The highest BCUT2D eigenvalue weighted by atomic mass is 16.5. The van der Waals surface area contributed by atoms with E-state index in [1.165, 1.54) is 87.5 Å². The number of nitrogens with zero attached hydrogens (tertiary/aromatic N) is 2. The van der Waals surface area contributed by atoms with Crippen molar-refractivity contribution < 1.29 is 4.74 Å². The first kappa shape index (κ1) is 30.1. The number of hydrogen-bond acceptors (Lipinski definition) is 2. The van der Waals surface area contributed by atoms with Crippen molar-refractivity contribution in [2.75, 3.05) is 6.61 Å². The summed E-state index contributed by atoms with van der Waals surface area (Å²) >= 11 is 0. The van der Waals surface area contributed by atoms with E-state index in [0.29, 0.717) is 5.92 Å². The number of unbranched alkanes of at least 4 members (excludes halogenated alkanes) is 9. The van der Waals surface area contributed by atoms with Crippen LogP contribution in [0.1, 0.15) is 114 Å². The van der Waals surface area contributed by atoms with Crippen LogP contribution in [0.5, 0.6) is 5.75 Å². The molecule has 0 aliphatic carbocycles. The number of benzene rings is 2. The van der Waals surface area contributed by atoms with Gasteiger partial charge >= 0.3 is 0 Å². The molecule has 0 spiro atoms. The molecule has 0 bridgehead atoms. The Hall–Kier alpha value is -2.49. The van der Waals surface area contributed by atoms with E-state index in [9.17, 15) is 0 Å². The van der Waals surface area contributed by atoms with Gasteiger partial charge in [-0.15, -0.1) is 0 Å². The fourth-order valence-corrected chi connectivity index (χ4v) is 5.47. The van der Waals surface area contributed by atoms with Crippen LogP contribution in [0.3, 0.4) is 0 Å². The second-order valence-corrected chi connectivity index (χ2v) is 10.8. The van der Waals surface area contributed by atoms with Crippen molar-refractivity contribution in [3.05, 3.63) is 78.1 Å². The Balaban J connectivity index is 1.43. The summed E-state index contributed by atoms with van der Waals surface area (Å²) in [7, 11) is 1.06. The zero-order chi connectivity index (χ0) is 26.7. The summed E-state index contributed by atoms with van der Waals surface area (Å²) in [4.78, 5) is 4.70. The van der Waals surface area contributed by atoms with Crippen molar-refractivity contribution in [2.24, 2.45) is 0 Å². The van der Waals surface area contributed by atoms with E-state index < -0.39 is 0 Å². The molecule has 206 valence electrons. The molecule has 0 fully saturated rings. The van der Waals surface area contributed by atoms with E-state index in [-0.39, 0.29) is 0 Å². The molecule has 1 atom stereocenters. The van der Waals surface area contributed by atoms with Gasteiger partial charge in [-0.2, -0.15) is 0 Å². The minimum absolute atomic E-state index is 0.357. The van der Waals surface area contributed by atoms with Crippen LogP contribution in [0, 0.1) is 0 Å². The molecule has 0 radical (unpaired) electrons. The number of aryl methyl sites for hydroxylation is 1. The Kier molecular flexibility index (Phi) is 14.8. The van der Waals surface area contributed by atoms with Crippen LogP contribution in [0.4, 0.5) is 0 Å². The van der Waals surface area contributed by atoms with Crippen molar-refractivity contribution in [2.45, 2.75) is 116 Å². The van der Waals surface area contributed by atoms with Gasteiger partial charge in [-0.3, -0.25) is 4.98 Å². The standard InChI is InChI=1S/C34H51BN2O/c1-3-5-6-7-8-9-10-11-12-18-27-37-28-26-36-34(37)35-25-19-23-31(30-20-14-13-15-21-30)32-22-16-17-24-33(32)38-29-4-2/h13-17,20-22,24,26,28,31,35H,3-12,18-19,23,25,27,29H2,1-2H3. The Bertz CT molecular complexity index is 987. The van der Waals surface area contributed by atoms with Crippen molar-refractivity contribution in [1.82, 2.24) is 9.55 Å². The lowest BCUT2D eigenvalue weighted by Crippen LogP contribution is -2.26. The largest absolute Gasteiger partial charge is 0.493 e. The monoisotopic (exact) mass is 514 g/mol. The lowest BCUT2D eigenvalue weighted by atomic mass is 9.70. The Morgan fingerprint density at radius 3 is 2.18 bits per heavy atom. The van der Waals surface area contributed by atoms with Gasteiger partial charge in [0.1, 0.15) is 5.75 Å². The number of imidazole rings is 1. The van der Waals surface area contributed by atoms with Crippen molar-refractivity contribution in [3.8, 4) is 5.75 Å². The first-order valence-electron chi connectivity index (χ1n) is 15.6. The fraction of sp³-hybridized carbons (Fsp3) is 0.559. The van der Waals surface area contributed by atoms with Gasteiger partial charge < -0.3 is 9.30 Å². The van der Waals surface area contributed by atoms with Crippen molar-refractivity contribution >= 4 is 13.0 Å². The van der Waals surface area contributed by atoms with E-state index in [0.717, 1.165) is 45.3 Å². The predicted octanol–water partition coefficient (Wildman–Crippen LogP) is 8.69. The van der Waals surface area contributed by atoms with Crippen LogP contribution >= 0.6 is 0 Å². The quantitative estimate of drug-likeness (QED) is 0.105. The van der Waals surface area contributed by atoms with Crippen molar-refractivity contribution in [3.63, 3.8) is 0 Å². The second kappa shape index (κ2) is 18.7. The maximum Gasteiger partial charge on any atom is 0.204 e. The SMILES string of the molecule is CCCCCCCCCCCCn1ccnc1BCCCC(c1ccccc1)c1ccccc1OCCC. The number of ether oxygens (including phenoxy) is 1. The molecule has 0 aliphatic rings. The highest BCUT2D eigenvalue weighted by Gasteiger charge is 2.18. The van der Waals surface area contributed by atoms with Crippen LogP contribution in [-0.4, -0.2) is 23.4 Å². The molecule has 0 saturated carbocycles. The zero-order valence-electron chi connectivity index (χ0n) is 24.3. The van der Waals surface area contributed by atoms with Gasteiger partial charge in [-0.1, -0.05) is 133 Å². The third-order valence-corrected chi connectivity index (χ3v) is 7.66. The molecule has 1 unspecified atom stereocenters. The van der Waals surface area contributed by atoms with Crippen LogP contribution in [0.15, 0.2) is 67.0 Å². The van der Waals surface area contributed by atoms with Gasteiger partial charge in [0.2, 0.25) is 7.28 Å². The third kappa shape index (κ3) is 10.7. The molecule has 0 aliphatic heterocycles. The van der Waals surface area contributed by atoms with Gasteiger partial charge in [-0.25, -0.2) is 0 Å². The first-order chi connectivity index (χ1) is 18.8. The van der Waals surface area contributed by atoms with Gasteiger partial charge in [0.25, 0.3) is 0 Å². The molecule has 3 nitrogen and oxygen atoms in total. The third-order valence-electron chi connectivity index (χ3n) is 7.66. The van der Waals surface area contributed by atoms with E-state index in [1.54, 1.807) is 0 Å². The predicted molar refractivity (Wildman–Crippen MR) is 165 cm³/mol. The van der Waals surface area contributed by atoms with Gasteiger partial charge in [0.15, 0.2) is 0 Å². The Morgan fingerprint density at radius 2 is 1.45 bits per heavy atom. The zero-order valence-corrected chi connectivity index (χ0v) is 24.3. The van der Waals surface area contributed by atoms with Crippen LogP contribution in [-0.2, 0) is 6.54 Å². The normalized spacial score (nSPS) is 11.9. The van der Waals surface area contributed by atoms with Crippen LogP contribution < -0.4 is 10.5 Å². The van der Waals surface area contributed by atoms with E-state index in [2.05, 4.69) is 79.2 Å². The average molecular weight is 515 g/mol. The number of para-hydroxylation sites is 1. The maximum atomic E-state index is 6.14. The van der Waals surface area contributed by atoms with E-state index in [1.807, 2.05) is 6.20 Å². The molecule has 0 N–H and O–H groups in total. The number of hydrogen-bond donors (Lipinski definition) is 0. The topological polar surface area (TPSA) is 27.1 Å². The summed E-state index contributed by atoms with van der Waals surface area (Å²) < 4.78 is 8.54. The molecule has 2 aromatic carbocycles. The molecule has 3 rings (SSSR count). The minimum Gasteiger partial charge on any atom is -0.493 e. The summed E-state index contributed by atoms with van der Waals surface area (Å²) in [5.41, 5.74) is 3.95. The molecule has 0 saturated heterocycles. The summed E-state index contributed by atoms with van der Waals surface area (Å²) in [6.07, 6.45) is 22.5. The summed E-state index contributed by atoms with van der Waals surface area (Å²) in [5, 5.41) is 0. The van der Waals surface area contributed by atoms with Crippen LogP contribution in [0.2, 0.25) is 6.32 Å². The molecule has 1 heterocycles. The number of aromatic nitrogens is 2. The Morgan fingerprint density at radius 1 is 0.763 bits per heavy atom. The van der Waals surface area contributed by atoms with E-state index in [4.69, 9.17) is 9.72 Å². The molecule has 4 heteroatoms. The lowest BCUT2D eigenvalue weighted by Gasteiger charge is -2.21. The summed E-state index contributed by atoms with van der Waals surface area (Å²) in [6, 6.07) is 19.6. The molecule has 38 heavy (non-hydrogen) atoms. The van der Waals surface area contributed by atoms with Crippen molar-refractivity contribution in [1.29, 1.82) is 0 Å². The first-order valence-corrected chi connectivity index (χ1v) is 15.6. The highest BCUT2D eigenvalue weighted by molar-refractivity contribution is 6.51. The lowest BCUT2D eigenvalue weighted by molar-refractivity contribution is 0.312. The van der Waals surface area contributed by atoms with Gasteiger partial charge in [0.05, 0.1) is 12.3 Å². The minimum atomic E-state index is 0.357. The van der Waals surface area contributed by atoms with Gasteiger partial charge in [0, 0.05) is 30.4 Å². The smallest absolute Gasteiger partial charge is 0.204 e. The molecule has 0 amide bonds. The molecular formula is C34H51BN2O. The molecule has 1 aromatic heterocycles. The highest BCUT2D eigenvalue weighted by Crippen LogP contribution is 2.35. The van der Waals surface area contributed by atoms with Crippen LogP contribution in [0.25, 0.3) is 0 Å². The molecule has 3 aromatic rings. The second-order valence-electron chi connectivity index (χ2n) is 10.8. The number of rotatable bonds is 21. The summed E-state index contributed by atoms with van der Waals surface area (Å²) in [6.45, 7) is 6.33. The summed E-state index contributed by atoms with van der Waals surface area (Å²) in [5.74, 6) is 1.39. The molecular weight excluding hydrogens is 463 g/mol. The van der Waals surface area contributed by atoms with E-state index >= 15 is 0 Å². The maximum absolute atomic E-state index is 6.14. The fourth-order valence-electron chi connectivity index (χ4n) is 5.47. The Labute approximate surface area is 233 Å². The van der Waals surface area contributed by atoms with Gasteiger partial charge in [-0.05, 0) is 30.9 Å². The average Bonchev–Trinajstić information content (AvgIpc) is 3.41.